The Labute approximate surface area is 112 Å². The summed E-state index contributed by atoms with van der Waals surface area (Å²) in [5.74, 6) is -0.289. The fraction of sp³-hybridized carbons (Fsp3) is 0.0667. The zero-order chi connectivity index (χ0) is 13.0. The van der Waals surface area contributed by atoms with Gasteiger partial charge in [-0.3, -0.25) is 9.59 Å². The fourth-order valence-electron chi connectivity index (χ4n) is 1.72. The number of benzene rings is 2. The third-order valence-corrected chi connectivity index (χ3v) is 2.52. The minimum Gasteiger partial charge on any atom is -0.344 e. The Morgan fingerprint density at radius 1 is 0.895 bits per heavy atom. The van der Waals surface area contributed by atoms with Crippen molar-refractivity contribution in [3.8, 4) is 0 Å². The highest BCUT2D eigenvalue weighted by Crippen LogP contribution is 2.19. The van der Waals surface area contributed by atoms with Gasteiger partial charge in [-0.25, -0.2) is 0 Å². The average molecular weight is 256 g/mol. The molecule has 0 aliphatic rings. The van der Waals surface area contributed by atoms with Crippen LogP contribution in [-0.4, -0.2) is 11.7 Å². The molecule has 2 aromatic carbocycles. The number of carbonyl (C=O) groups is 2. The van der Waals surface area contributed by atoms with Gasteiger partial charge in [0.1, 0.15) is 0 Å². The average Bonchev–Trinajstić information content (AvgIpc) is 2.39. The van der Waals surface area contributed by atoms with Crippen molar-refractivity contribution in [1.29, 1.82) is 0 Å². The van der Waals surface area contributed by atoms with E-state index in [9.17, 15) is 9.59 Å². The molecule has 0 saturated heterocycles. The second-order valence-corrected chi connectivity index (χ2v) is 3.92. The lowest BCUT2D eigenvalue weighted by molar-refractivity contribution is -0.114. The Morgan fingerprint density at radius 2 is 1.47 bits per heavy atom. The van der Waals surface area contributed by atoms with Crippen molar-refractivity contribution < 1.29 is 9.59 Å². The molecular weight excluding hydrogens is 240 g/mol. The van der Waals surface area contributed by atoms with E-state index >= 15 is 0 Å². The van der Waals surface area contributed by atoms with Crippen LogP contribution in [0.3, 0.4) is 0 Å². The third kappa shape index (κ3) is 3.50. The van der Waals surface area contributed by atoms with E-state index in [2.05, 4.69) is 5.32 Å². The minimum absolute atomic E-state index is 0. The molecule has 0 unspecified atom stereocenters. The normalized spacial score (nSPS) is 9.32. The van der Waals surface area contributed by atoms with Crippen molar-refractivity contribution in [3.63, 3.8) is 0 Å². The number of ketones is 1. The van der Waals surface area contributed by atoms with Gasteiger partial charge in [-0.2, -0.15) is 0 Å². The number of rotatable bonds is 3. The molecule has 0 aliphatic heterocycles. The van der Waals surface area contributed by atoms with Crippen molar-refractivity contribution in [1.82, 2.24) is 6.15 Å². The van der Waals surface area contributed by atoms with E-state index < -0.39 is 0 Å². The quantitative estimate of drug-likeness (QED) is 0.828. The maximum Gasteiger partial charge on any atom is 0.221 e. The molecule has 0 saturated carbocycles. The highest BCUT2D eigenvalue weighted by molar-refractivity contribution is 6.13. The molecule has 0 heterocycles. The van der Waals surface area contributed by atoms with Crippen molar-refractivity contribution in [2.24, 2.45) is 0 Å². The number of hydrogen-bond acceptors (Lipinski definition) is 3. The molecular formula is C15H16N2O2. The molecule has 0 aliphatic carbocycles. The number of para-hydroxylation sites is 1. The van der Waals surface area contributed by atoms with Gasteiger partial charge in [0.2, 0.25) is 5.91 Å². The summed E-state index contributed by atoms with van der Waals surface area (Å²) in [7, 11) is 0. The summed E-state index contributed by atoms with van der Waals surface area (Å²) >= 11 is 0. The Kier molecular flexibility index (Phi) is 4.97. The lowest BCUT2D eigenvalue weighted by atomic mass is 10.0. The van der Waals surface area contributed by atoms with E-state index in [0.717, 1.165) is 0 Å². The van der Waals surface area contributed by atoms with Crippen LogP contribution in [0, 0.1) is 0 Å². The van der Waals surface area contributed by atoms with Crippen LogP contribution in [0.2, 0.25) is 0 Å². The molecule has 19 heavy (non-hydrogen) atoms. The van der Waals surface area contributed by atoms with Crippen molar-refractivity contribution >= 4 is 17.4 Å². The topological polar surface area (TPSA) is 81.2 Å². The van der Waals surface area contributed by atoms with E-state index in [0.29, 0.717) is 16.8 Å². The summed E-state index contributed by atoms with van der Waals surface area (Å²) < 4.78 is 0. The van der Waals surface area contributed by atoms with Gasteiger partial charge in [0, 0.05) is 18.1 Å². The van der Waals surface area contributed by atoms with Crippen LogP contribution in [-0.2, 0) is 4.79 Å². The standard InChI is InChI=1S/C15H13NO2.H3N/c1-11(17)16-14-10-6-5-9-13(14)15(18)12-7-3-2-4-8-12;/h2-10H,1H3,(H,16,17);1H3. The van der Waals surface area contributed by atoms with Gasteiger partial charge in [0.25, 0.3) is 0 Å². The maximum absolute atomic E-state index is 12.3. The van der Waals surface area contributed by atoms with E-state index in [4.69, 9.17) is 0 Å². The van der Waals surface area contributed by atoms with Crippen LogP contribution in [0.4, 0.5) is 5.69 Å². The van der Waals surface area contributed by atoms with E-state index in [1.165, 1.54) is 6.92 Å². The van der Waals surface area contributed by atoms with Crippen LogP contribution in [0.5, 0.6) is 0 Å². The summed E-state index contributed by atoms with van der Waals surface area (Å²) in [4.78, 5) is 23.4. The Balaban J connectivity index is 0.00000180. The molecule has 4 N–H and O–H groups in total. The fourth-order valence-corrected chi connectivity index (χ4v) is 1.72. The van der Waals surface area contributed by atoms with Crippen molar-refractivity contribution in [2.75, 3.05) is 5.32 Å². The molecule has 4 heteroatoms. The third-order valence-electron chi connectivity index (χ3n) is 2.52. The predicted octanol–water partition coefficient (Wildman–Crippen LogP) is 3.04. The molecule has 0 aromatic heterocycles. The molecule has 0 spiro atoms. The molecule has 1 amide bonds. The second-order valence-electron chi connectivity index (χ2n) is 3.92. The highest BCUT2D eigenvalue weighted by atomic mass is 16.1. The van der Waals surface area contributed by atoms with Crippen LogP contribution in [0.1, 0.15) is 22.8 Å². The Bertz CT molecular complexity index is 580. The first-order chi connectivity index (χ1) is 8.68. The Hall–Kier alpha value is -2.46. The summed E-state index contributed by atoms with van der Waals surface area (Å²) in [6.07, 6.45) is 0. The zero-order valence-corrected chi connectivity index (χ0v) is 10.7. The molecule has 2 aromatic rings. The number of amides is 1. The number of carbonyl (C=O) groups excluding carboxylic acids is 2. The molecule has 2 rings (SSSR count). The summed E-state index contributed by atoms with van der Waals surface area (Å²) in [6, 6.07) is 16.0. The Morgan fingerprint density at radius 3 is 2.11 bits per heavy atom. The van der Waals surface area contributed by atoms with E-state index in [1.807, 2.05) is 18.2 Å². The lowest BCUT2D eigenvalue weighted by Crippen LogP contribution is -2.11. The molecule has 0 atom stereocenters. The first-order valence-electron chi connectivity index (χ1n) is 5.65. The van der Waals surface area contributed by atoms with E-state index in [1.54, 1.807) is 36.4 Å². The molecule has 4 nitrogen and oxygen atoms in total. The van der Waals surface area contributed by atoms with Gasteiger partial charge >= 0.3 is 0 Å². The summed E-state index contributed by atoms with van der Waals surface area (Å²) in [5.41, 5.74) is 1.65. The minimum atomic E-state index is -0.191. The van der Waals surface area contributed by atoms with Crippen LogP contribution in [0.15, 0.2) is 54.6 Å². The smallest absolute Gasteiger partial charge is 0.221 e. The number of nitrogens with one attached hydrogen (secondary N) is 1. The SMILES string of the molecule is CC(=O)Nc1ccccc1C(=O)c1ccccc1.N. The summed E-state index contributed by atoms with van der Waals surface area (Å²) in [5, 5.41) is 2.66. The van der Waals surface area contributed by atoms with Gasteiger partial charge in [-0.1, -0.05) is 42.5 Å². The largest absolute Gasteiger partial charge is 0.344 e. The number of hydrogen-bond donors (Lipinski definition) is 2. The van der Waals surface area contributed by atoms with Gasteiger partial charge in [0.15, 0.2) is 5.78 Å². The highest BCUT2D eigenvalue weighted by Gasteiger charge is 2.13. The van der Waals surface area contributed by atoms with Gasteiger partial charge in [0.05, 0.1) is 5.69 Å². The van der Waals surface area contributed by atoms with Crippen LogP contribution >= 0.6 is 0 Å². The lowest BCUT2D eigenvalue weighted by Gasteiger charge is -2.08. The molecule has 0 fully saturated rings. The van der Waals surface area contributed by atoms with Crippen molar-refractivity contribution in [3.05, 3.63) is 65.7 Å². The van der Waals surface area contributed by atoms with Gasteiger partial charge in [-0.15, -0.1) is 0 Å². The van der Waals surface area contributed by atoms with Gasteiger partial charge < -0.3 is 11.5 Å². The predicted molar refractivity (Wildman–Crippen MR) is 75.6 cm³/mol. The van der Waals surface area contributed by atoms with Crippen LogP contribution in [0.25, 0.3) is 0 Å². The van der Waals surface area contributed by atoms with Crippen molar-refractivity contribution in [2.45, 2.75) is 6.92 Å². The first kappa shape index (κ1) is 14.6. The number of anilines is 1. The first-order valence-corrected chi connectivity index (χ1v) is 5.65. The van der Waals surface area contributed by atoms with Gasteiger partial charge in [-0.05, 0) is 12.1 Å². The second kappa shape index (κ2) is 6.47. The molecule has 0 bridgehead atoms. The molecule has 98 valence electrons. The molecule has 0 radical (unpaired) electrons. The van der Waals surface area contributed by atoms with Crippen LogP contribution < -0.4 is 11.5 Å². The monoisotopic (exact) mass is 256 g/mol. The maximum atomic E-state index is 12.3. The summed E-state index contributed by atoms with van der Waals surface area (Å²) in [6.45, 7) is 1.42. The zero-order valence-electron chi connectivity index (χ0n) is 10.7. The van der Waals surface area contributed by atoms with E-state index in [-0.39, 0.29) is 17.8 Å².